The van der Waals surface area contributed by atoms with Crippen LogP contribution in [-0.2, 0) is 6.54 Å². The van der Waals surface area contributed by atoms with E-state index in [0.717, 1.165) is 21.3 Å². The molecule has 5 heteroatoms. The lowest BCUT2D eigenvalue weighted by Crippen LogP contribution is -1.94. The minimum atomic E-state index is 0.420. The van der Waals surface area contributed by atoms with Crippen LogP contribution in [-0.4, -0.2) is 17.3 Å². The fourth-order valence-electron chi connectivity index (χ4n) is 1.70. The zero-order valence-corrected chi connectivity index (χ0v) is 11.6. The quantitative estimate of drug-likeness (QED) is 0.921. The molecule has 0 aliphatic carbocycles. The predicted octanol–water partition coefficient (Wildman–Crippen LogP) is 2.80. The first-order valence-electron chi connectivity index (χ1n) is 5.86. The molecule has 0 radical (unpaired) electrons. The molecule has 96 valence electrons. The van der Waals surface area contributed by atoms with E-state index in [4.69, 9.17) is 10.5 Å². The standard InChI is InChI=1S/C13H17N3OS/c1-8(2)9-4-5-11(17-3)10(6-9)13-16-15-12(7-14)18-13/h4-6,8H,7,14H2,1-3H3. The maximum Gasteiger partial charge on any atom is 0.151 e. The van der Waals surface area contributed by atoms with E-state index in [9.17, 15) is 0 Å². The zero-order valence-electron chi connectivity index (χ0n) is 10.8. The third-order valence-corrected chi connectivity index (χ3v) is 3.74. The molecule has 0 unspecified atom stereocenters. The summed E-state index contributed by atoms with van der Waals surface area (Å²) in [7, 11) is 1.67. The summed E-state index contributed by atoms with van der Waals surface area (Å²) < 4.78 is 5.39. The number of hydrogen-bond donors (Lipinski definition) is 1. The second kappa shape index (κ2) is 5.46. The van der Waals surface area contributed by atoms with Crippen LogP contribution in [0, 0.1) is 0 Å². The number of ether oxygens (including phenoxy) is 1. The summed E-state index contributed by atoms with van der Waals surface area (Å²) in [6.45, 7) is 4.75. The zero-order chi connectivity index (χ0) is 13.1. The molecule has 0 aliphatic rings. The van der Waals surface area contributed by atoms with Crippen LogP contribution in [0.4, 0.5) is 0 Å². The van der Waals surface area contributed by atoms with Crippen LogP contribution < -0.4 is 10.5 Å². The van der Waals surface area contributed by atoms with Gasteiger partial charge in [-0.1, -0.05) is 31.3 Å². The fraction of sp³-hybridized carbons (Fsp3) is 0.385. The van der Waals surface area contributed by atoms with Crippen molar-refractivity contribution in [2.75, 3.05) is 7.11 Å². The Morgan fingerprint density at radius 2 is 2.11 bits per heavy atom. The summed E-state index contributed by atoms with van der Waals surface area (Å²) in [5.74, 6) is 1.29. The molecule has 0 atom stereocenters. The van der Waals surface area contributed by atoms with Gasteiger partial charge in [0.1, 0.15) is 10.8 Å². The van der Waals surface area contributed by atoms with E-state index in [1.165, 1.54) is 16.9 Å². The number of benzene rings is 1. The molecule has 2 N–H and O–H groups in total. The Labute approximate surface area is 111 Å². The Balaban J connectivity index is 2.49. The van der Waals surface area contributed by atoms with Gasteiger partial charge >= 0.3 is 0 Å². The summed E-state index contributed by atoms with van der Waals surface area (Å²) in [4.78, 5) is 0. The normalized spacial score (nSPS) is 10.9. The van der Waals surface area contributed by atoms with Gasteiger partial charge in [0.2, 0.25) is 0 Å². The molecule has 0 bridgehead atoms. The molecule has 1 aromatic heterocycles. The summed E-state index contributed by atoms with van der Waals surface area (Å²) in [5.41, 5.74) is 7.81. The van der Waals surface area contributed by atoms with Gasteiger partial charge in [-0.3, -0.25) is 0 Å². The Morgan fingerprint density at radius 1 is 1.33 bits per heavy atom. The minimum Gasteiger partial charge on any atom is -0.496 e. The van der Waals surface area contributed by atoms with Crippen LogP contribution in [0.15, 0.2) is 18.2 Å². The first-order valence-corrected chi connectivity index (χ1v) is 6.68. The van der Waals surface area contributed by atoms with Gasteiger partial charge in [-0.05, 0) is 23.6 Å². The third-order valence-electron chi connectivity index (χ3n) is 2.76. The lowest BCUT2D eigenvalue weighted by molar-refractivity contribution is 0.416. The number of rotatable bonds is 4. The summed E-state index contributed by atoms with van der Waals surface area (Å²) >= 11 is 1.51. The van der Waals surface area contributed by atoms with Crippen molar-refractivity contribution in [3.63, 3.8) is 0 Å². The van der Waals surface area contributed by atoms with Crippen molar-refractivity contribution in [2.24, 2.45) is 5.73 Å². The summed E-state index contributed by atoms with van der Waals surface area (Å²) in [5, 5.41) is 9.92. The summed E-state index contributed by atoms with van der Waals surface area (Å²) in [6, 6.07) is 6.18. The maximum atomic E-state index is 5.57. The number of nitrogens with zero attached hydrogens (tertiary/aromatic N) is 2. The first kappa shape index (κ1) is 13.0. The van der Waals surface area contributed by atoms with Crippen molar-refractivity contribution < 1.29 is 4.74 Å². The van der Waals surface area contributed by atoms with Gasteiger partial charge in [0, 0.05) is 6.54 Å². The van der Waals surface area contributed by atoms with E-state index in [0.29, 0.717) is 12.5 Å². The molecule has 2 rings (SSSR count). The largest absolute Gasteiger partial charge is 0.496 e. The van der Waals surface area contributed by atoms with Crippen LogP contribution in [0.3, 0.4) is 0 Å². The van der Waals surface area contributed by atoms with Crippen molar-refractivity contribution in [1.82, 2.24) is 10.2 Å². The van der Waals surface area contributed by atoms with Gasteiger partial charge in [-0.15, -0.1) is 10.2 Å². The van der Waals surface area contributed by atoms with Crippen molar-refractivity contribution in [1.29, 1.82) is 0 Å². The van der Waals surface area contributed by atoms with E-state index in [2.05, 4.69) is 36.2 Å². The molecule has 0 spiro atoms. The molecule has 0 fully saturated rings. The van der Waals surface area contributed by atoms with Crippen LogP contribution in [0.25, 0.3) is 10.6 Å². The van der Waals surface area contributed by atoms with Gasteiger partial charge in [0.15, 0.2) is 5.01 Å². The number of methoxy groups -OCH3 is 1. The van der Waals surface area contributed by atoms with Crippen LogP contribution >= 0.6 is 11.3 Å². The number of nitrogens with two attached hydrogens (primary N) is 1. The van der Waals surface area contributed by atoms with E-state index < -0.39 is 0 Å². The Bertz CT molecular complexity index is 537. The van der Waals surface area contributed by atoms with Crippen LogP contribution in [0.1, 0.15) is 30.3 Å². The topological polar surface area (TPSA) is 61.0 Å². The smallest absolute Gasteiger partial charge is 0.151 e. The van der Waals surface area contributed by atoms with E-state index >= 15 is 0 Å². The van der Waals surface area contributed by atoms with Gasteiger partial charge in [-0.2, -0.15) is 0 Å². The molecule has 0 aliphatic heterocycles. The lowest BCUT2D eigenvalue weighted by Gasteiger charge is -2.10. The molecule has 0 saturated carbocycles. The maximum absolute atomic E-state index is 5.57. The molecular weight excluding hydrogens is 246 g/mol. The highest BCUT2D eigenvalue weighted by Crippen LogP contribution is 2.34. The van der Waals surface area contributed by atoms with E-state index in [1.54, 1.807) is 7.11 Å². The van der Waals surface area contributed by atoms with Crippen LogP contribution in [0.2, 0.25) is 0 Å². The highest BCUT2D eigenvalue weighted by Gasteiger charge is 2.13. The molecule has 18 heavy (non-hydrogen) atoms. The molecule has 4 nitrogen and oxygen atoms in total. The minimum absolute atomic E-state index is 0.420. The second-order valence-electron chi connectivity index (χ2n) is 4.32. The van der Waals surface area contributed by atoms with Gasteiger partial charge in [0.25, 0.3) is 0 Å². The molecule has 1 aromatic carbocycles. The monoisotopic (exact) mass is 263 g/mol. The highest BCUT2D eigenvalue weighted by atomic mass is 32.1. The average Bonchev–Trinajstić information content (AvgIpc) is 2.86. The van der Waals surface area contributed by atoms with Crippen LogP contribution in [0.5, 0.6) is 5.75 Å². The summed E-state index contributed by atoms with van der Waals surface area (Å²) in [6.07, 6.45) is 0. The molecular formula is C13H17N3OS. The van der Waals surface area contributed by atoms with E-state index in [-0.39, 0.29) is 0 Å². The first-order chi connectivity index (χ1) is 8.65. The molecule has 1 heterocycles. The molecule has 2 aromatic rings. The van der Waals surface area contributed by atoms with Gasteiger partial charge in [0.05, 0.1) is 12.7 Å². The number of hydrogen-bond acceptors (Lipinski definition) is 5. The fourth-order valence-corrected chi connectivity index (χ4v) is 2.44. The Kier molecular flexibility index (Phi) is 3.93. The SMILES string of the molecule is COc1ccc(C(C)C)cc1-c1nnc(CN)s1. The van der Waals surface area contributed by atoms with Crippen molar-refractivity contribution in [3.05, 3.63) is 28.8 Å². The lowest BCUT2D eigenvalue weighted by atomic mass is 10.0. The van der Waals surface area contributed by atoms with Crippen molar-refractivity contribution in [2.45, 2.75) is 26.3 Å². The highest BCUT2D eigenvalue weighted by molar-refractivity contribution is 7.14. The number of aromatic nitrogens is 2. The second-order valence-corrected chi connectivity index (χ2v) is 5.38. The Morgan fingerprint density at radius 3 is 2.67 bits per heavy atom. The molecule has 0 amide bonds. The van der Waals surface area contributed by atoms with Gasteiger partial charge < -0.3 is 10.5 Å². The van der Waals surface area contributed by atoms with Crippen molar-refractivity contribution >= 4 is 11.3 Å². The van der Waals surface area contributed by atoms with E-state index in [1.807, 2.05) is 6.07 Å². The predicted molar refractivity (Wildman–Crippen MR) is 73.9 cm³/mol. The molecule has 0 saturated heterocycles. The average molecular weight is 263 g/mol. The Hall–Kier alpha value is -1.46. The van der Waals surface area contributed by atoms with Gasteiger partial charge in [-0.25, -0.2) is 0 Å². The van der Waals surface area contributed by atoms with Crippen molar-refractivity contribution in [3.8, 4) is 16.3 Å². The third kappa shape index (κ3) is 2.52.